The van der Waals surface area contributed by atoms with Gasteiger partial charge in [0.25, 0.3) is 0 Å². The number of aromatic nitrogens is 5. The number of hydrogen-bond acceptors (Lipinski definition) is 4. The number of ether oxygens (including phenoxy) is 1. The number of rotatable bonds is 5. The lowest BCUT2D eigenvalue weighted by Gasteiger charge is -2.22. The van der Waals surface area contributed by atoms with Gasteiger partial charge in [0.15, 0.2) is 23.3 Å². The smallest absolute Gasteiger partial charge is 0.194 e. The maximum Gasteiger partial charge on any atom is 0.194 e. The molecule has 0 fully saturated rings. The number of imidazole rings is 1. The molecule has 2 aromatic heterocycles. The Morgan fingerprint density at radius 3 is 2.49 bits per heavy atom. The van der Waals surface area contributed by atoms with E-state index in [0.717, 1.165) is 17.8 Å². The van der Waals surface area contributed by atoms with Gasteiger partial charge >= 0.3 is 0 Å². The third-order valence-corrected chi connectivity index (χ3v) is 6.00. The molecule has 0 saturated heterocycles. The fourth-order valence-corrected chi connectivity index (χ4v) is 4.30. The molecule has 0 saturated carbocycles. The van der Waals surface area contributed by atoms with E-state index in [1.165, 1.54) is 19.3 Å². The summed E-state index contributed by atoms with van der Waals surface area (Å²) >= 11 is 0. The van der Waals surface area contributed by atoms with Gasteiger partial charge < -0.3 is 9.30 Å². The van der Waals surface area contributed by atoms with Gasteiger partial charge in [-0.15, -0.1) is 0 Å². The SMILES string of the molecule is COc1cc(/C=C/c2nc3n(n2)CCC[C@H]3c2cc(F)c(F)c(F)c2)c(F)cc1-n1cnc(C)c1. The maximum absolute atomic E-state index is 14.9. The molecule has 6 nitrogen and oxygen atoms in total. The van der Waals surface area contributed by atoms with E-state index in [-0.39, 0.29) is 5.56 Å². The Balaban J connectivity index is 1.45. The van der Waals surface area contributed by atoms with Gasteiger partial charge in [-0.25, -0.2) is 32.2 Å². The number of halogens is 4. The van der Waals surface area contributed by atoms with E-state index in [1.807, 2.05) is 6.92 Å². The minimum absolute atomic E-state index is 0.273. The first-order valence-corrected chi connectivity index (χ1v) is 11.0. The van der Waals surface area contributed by atoms with Crippen molar-refractivity contribution in [2.75, 3.05) is 7.11 Å². The number of hydrogen-bond donors (Lipinski definition) is 0. The van der Waals surface area contributed by atoms with Gasteiger partial charge in [0.05, 0.1) is 24.8 Å². The fourth-order valence-electron chi connectivity index (χ4n) is 4.30. The predicted octanol–water partition coefficient (Wildman–Crippen LogP) is 5.43. The zero-order chi connectivity index (χ0) is 24.7. The van der Waals surface area contributed by atoms with Crippen molar-refractivity contribution in [1.29, 1.82) is 0 Å². The number of aryl methyl sites for hydroxylation is 2. The fraction of sp³-hybridized carbons (Fsp3) is 0.240. The first kappa shape index (κ1) is 22.8. The summed E-state index contributed by atoms with van der Waals surface area (Å²) in [6, 6.07) is 4.92. The van der Waals surface area contributed by atoms with Crippen LogP contribution in [0.2, 0.25) is 0 Å². The lowest BCUT2D eigenvalue weighted by molar-refractivity contribution is 0.411. The van der Waals surface area contributed by atoms with E-state index in [0.29, 0.717) is 48.0 Å². The Labute approximate surface area is 198 Å². The minimum Gasteiger partial charge on any atom is -0.495 e. The zero-order valence-electron chi connectivity index (χ0n) is 19.0. The summed E-state index contributed by atoms with van der Waals surface area (Å²) in [5.74, 6) is -3.58. The van der Waals surface area contributed by atoms with Crippen molar-refractivity contribution in [1.82, 2.24) is 24.3 Å². The van der Waals surface area contributed by atoms with Crippen LogP contribution >= 0.6 is 0 Å². The molecule has 0 N–H and O–H groups in total. The third kappa shape index (κ3) is 4.31. The first-order chi connectivity index (χ1) is 16.8. The van der Waals surface area contributed by atoms with Crippen LogP contribution in [0.1, 0.15) is 47.2 Å². The second kappa shape index (κ2) is 9.01. The lowest BCUT2D eigenvalue weighted by atomic mass is 9.91. The van der Waals surface area contributed by atoms with Gasteiger partial charge in [-0.1, -0.05) is 0 Å². The van der Waals surface area contributed by atoms with Gasteiger partial charge in [0.2, 0.25) is 0 Å². The number of fused-ring (bicyclic) bond motifs is 1. The molecule has 1 aliphatic heterocycles. The Bertz CT molecular complexity index is 1420. The molecule has 2 aromatic carbocycles. The van der Waals surface area contributed by atoms with Crippen molar-refractivity contribution in [3.63, 3.8) is 0 Å². The molecule has 0 amide bonds. The second-order valence-electron chi connectivity index (χ2n) is 8.35. The molecule has 0 radical (unpaired) electrons. The van der Waals surface area contributed by atoms with E-state index < -0.39 is 29.2 Å². The van der Waals surface area contributed by atoms with Gasteiger partial charge in [-0.3, -0.25) is 0 Å². The van der Waals surface area contributed by atoms with Gasteiger partial charge in [-0.2, -0.15) is 5.10 Å². The quantitative estimate of drug-likeness (QED) is 0.281. The van der Waals surface area contributed by atoms with E-state index in [9.17, 15) is 17.6 Å². The predicted molar refractivity (Wildman–Crippen MR) is 121 cm³/mol. The van der Waals surface area contributed by atoms with Crippen molar-refractivity contribution in [3.8, 4) is 11.4 Å². The highest BCUT2D eigenvalue weighted by atomic mass is 19.2. The highest BCUT2D eigenvalue weighted by Crippen LogP contribution is 2.34. The third-order valence-electron chi connectivity index (χ3n) is 6.00. The van der Waals surface area contributed by atoms with Gasteiger partial charge in [0.1, 0.15) is 17.4 Å². The van der Waals surface area contributed by atoms with E-state index in [2.05, 4.69) is 15.1 Å². The molecule has 180 valence electrons. The highest BCUT2D eigenvalue weighted by Gasteiger charge is 2.27. The molecule has 1 aliphatic rings. The molecule has 1 atom stereocenters. The molecular formula is C25H21F4N5O. The summed E-state index contributed by atoms with van der Waals surface area (Å²) in [5, 5.41) is 4.44. The van der Waals surface area contributed by atoms with Crippen LogP contribution in [0.3, 0.4) is 0 Å². The standard InChI is InChI=1S/C25H21F4N5O/c1-14-12-33(13-30-14)21-11-18(26)15(10-22(21)35-2)5-6-23-31-25-17(4-3-7-34(25)32-23)16-8-19(27)24(29)20(28)9-16/h5-6,8-13,17H,3-4,7H2,1-2H3/b6-5+/t17-/m0/s1. The van der Waals surface area contributed by atoms with Crippen LogP contribution in [-0.2, 0) is 6.54 Å². The summed E-state index contributed by atoms with van der Waals surface area (Å²) in [4.78, 5) is 8.67. The second-order valence-corrected chi connectivity index (χ2v) is 8.35. The van der Waals surface area contributed by atoms with Crippen LogP contribution in [0.4, 0.5) is 17.6 Å². The molecular weight excluding hydrogens is 462 g/mol. The maximum atomic E-state index is 14.9. The number of methoxy groups -OCH3 is 1. The monoisotopic (exact) mass is 483 g/mol. The normalized spacial score (nSPS) is 15.5. The van der Waals surface area contributed by atoms with E-state index in [1.54, 1.807) is 33.9 Å². The van der Waals surface area contributed by atoms with Crippen LogP contribution in [0.5, 0.6) is 5.75 Å². The van der Waals surface area contributed by atoms with Crippen molar-refractivity contribution in [3.05, 3.63) is 88.5 Å². The zero-order valence-corrected chi connectivity index (χ0v) is 19.0. The summed E-state index contributed by atoms with van der Waals surface area (Å²) in [7, 11) is 1.50. The summed E-state index contributed by atoms with van der Waals surface area (Å²) < 4.78 is 64.7. The molecule has 0 bridgehead atoms. The van der Waals surface area contributed by atoms with E-state index in [4.69, 9.17) is 4.74 Å². The van der Waals surface area contributed by atoms with E-state index >= 15 is 0 Å². The summed E-state index contributed by atoms with van der Waals surface area (Å²) in [6.45, 7) is 2.42. The van der Waals surface area contributed by atoms with Crippen LogP contribution in [-0.4, -0.2) is 31.4 Å². The Morgan fingerprint density at radius 2 is 1.80 bits per heavy atom. The largest absolute Gasteiger partial charge is 0.495 e. The van der Waals surface area contributed by atoms with Crippen molar-refractivity contribution in [2.45, 2.75) is 32.2 Å². The van der Waals surface area contributed by atoms with Crippen molar-refractivity contribution in [2.24, 2.45) is 0 Å². The molecule has 3 heterocycles. The molecule has 0 spiro atoms. The minimum atomic E-state index is -1.50. The number of benzene rings is 2. The van der Waals surface area contributed by atoms with Gasteiger partial charge in [0, 0.05) is 30.3 Å². The molecule has 10 heteroatoms. The topological polar surface area (TPSA) is 57.8 Å². The first-order valence-electron chi connectivity index (χ1n) is 11.0. The molecule has 4 aromatic rings. The van der Waals surface area contributed by atoms with Crippen LogP contribution in [0.15, 0.2) is 36.8 Å². The van der Waals surface area contributed by atoms with Crippen LogP contribution in [0, 0.1) is 30.2 Å². The Morgan fingerprint density at radius 1 is 1.03 bits per heavy atom. The summed E-state index contributed by atoms with van der Waals surface area (Å²) in [6.07, 6.45) is 7.75. The Kier molecular flexibility index (Phi) is 5.88. The highest BCUT2D eigenvalue weighted by molar-refractivity contribution is 5.69. The van der Waals surface area contributed by atoms with Crippen LogP contribution in [0.25, 0.3) is 17.8 Å². The Hall–Kier alpha value is -3.95. The average molecular weight is 483 g/mol. The molecule has 5 rings (SSSR count). The summed E-state index contributed by atoms with van der Waals surface area (Å²) in [5.41, 5.74) is 1.87. The van der Waals surface area contributed by atoms with Crippen LogP contribution < -0.4 is 4.74 Å². The van der Waals surface area contributed by atoms with Gasteiger partial charge in [-0.05, 0) is 55.7 Å². The molecule has 0 aliphatic carbocycles. The lowest BCUT2D eigenvalue weighted by Crippen LogP contribution is -2.18. The molecule has 0 unspecified atom stereocenters. The average Bonchev–Trinajstić information content (AvgIpc) is 3.46. The molecule has 35 heavy (non-hydrogen) atoms. The van der Waals surface area contributed by atoms with Crippen molar-refractivity contribution < 1.29 is 22.3 Å². The van der Waals surface area contributed by atoms with Crippen molar-refractivity contribution >= 4 is 12.2 Å². The number of nitrogens with zero attached hydrogens (tertiary/aromatic N) is 5.